The molecule has 0 unspecified atom stereocenters. The SMILES string of the molecule is CNC(=S)N(C)N=C(C)c1ccccn1. The van der Waals surface area contributed by atoms with Crippen molar-refractivity contribution in [2.24, 2.45) is 5.10 Å². The van der Waals surface area contributed by atoms with Crippen LogP contribution in [-0.4, -0.2) is 34.9 Å². The van der Waals surface area contributed by atoms with Gasteiger partial charge in [-0.1, -0.05) is 6.07 Å². The van der Waals surface area contributed by atoms with Gasteiger partial charge in [-0.15, -0.1) is 0 Å². The fourth-order valence-electron chi connectivity index (χ4n) is 1.06. The van der Waals surface area contributed by atoms with Crippen LogP contribution in [0.15, 0.2) is 29.5 Å². The molecule has 0 saturated heterocycles. The van der Waals surface area contributed by atoms with Gasteiger partial charge >= 0.3 is 0 Å². The summed E-state index contributed by atoms with van der Waals surface area (Å²) in [4.78, 5) is 4.20. The van der Waals surface area contributed by atoms with Gasteiger partial charge in [-0.2, -0.15) is 5.10 Å². The minimum atomic E-state index is 0.574. The third-order valence-electron chi connectivity index (χ3n) is 1.84. The highest BCUT2D eigenvalue weighted by molar-refractivity contribution is 7.80. The molecule has 5 heteroatoms. The van der Waals surface area contributed by atoms with Crippen LogP contribution in [0.25, 0.3) is 0 Å². The fourth-order valence-corrected chi connectivity index (χ4v) is 1.10. The van der Waals surface area contributed by atoms with E-state index in [9.17, 15) is 0 Å². The molecule has 0 fully saturated rings. The molecule has 1 heterocycles. The van der Waals surface area contributed by atoms with E-state index in [4.69, 9.17) is 12.2 Å². The van der Waals surface area contributed by atoms with Crippen LogP contribution < -0.4 is 5.32 Å². The minimum Gasteiger partial charge on any atom is -0.364 e. The van der Waals surface area contributed by atoms with Gasteiger partial charge in [0.15, 0.2) is 5.11 Å². The molecule has 1 aromatic heterocycles. The molecular weight excluding hydrogens is 208 g/mol. The third kappa shape index (κ3) is 3.28. The van der Waals surface area contributed by atoms with E-state index in [0.717, 1.165) is 11.4 Å². The number of rotatable bonds is 2. The van der Waals surface area contributed by atoms with Crippen LogP contribution in [0.3, 0.4) is 0 Å². The van der Waals surface area contributed by atoms with E-state index < -0.39 is 0 Å². The van der Waals surface area contributed by atoms with E-state index in [1.165, 1.54) is 0 Å². The van der Waals surface area contributed by atoms with Crippen LogP contribution >= 0.6 is 12.2 Å². The summed E-state index contributed by atoms with van der Waals surface area (Å²) in [6.45, 7) is 1.90. The maximum Gasteiger partial charge on any atom is 0.189 e. The molecule has 1 aromatic rings. The molecular formula is C10H14N4S. The molecule has 0 amide bonds. The van der Waals surface area contributed by atoms with Gasteiger partial charge in [0, 0.05) is 20.3 Å². The molecule has 0 saturated carbocycles. The Kier molecular flexibility index (Phi) is 4.17. The lowest BCUT2D eigenvalue weighted by Crippen LogP contribution is -2.31. The smallest absolute Gasteiger partial charge is 0.189 e. The molecule has 0 radical (unpaired) electrons. The first-order valence-corrected chi connectivity index (χ1v) is 4.98. The first kappa shape index (κ1) is 11.6. The molecule has 0 spiro atoms. The summed E-state index contributed by atoms with van der Waals surface area (Å²) in [5, 5.41) is 9.34. The first-order valence-electron chi connectivity index (χ1n) is 4.57. The van der Waals surface area contributed by atoms with Crippen molar-refractivity contribution in [3.63, 3.8) is 0 Å². The normalized spacial score (nSPS) is 11.0. The molecule has 0 aromatic carbocycles. The van der Waals surface area contributed by atoms with Crippen LogP contribution in [-0.2, 0) is 0 Å². The lowest BCUT2D eigenvalue weighted by atomic mass is 10.3. The largest absolute Gasteiger partial charge is 0.364 e. The average Bonchev–Trinajstić information content (AvgIpc) is 2.29. The molecule has 4 nitrogen and oxygen atoms in total. The van der Waals surface area contributed by atoms with Gasteiger partial charge in [0.25, 0.3) is 0 Å². The van der Waals surface area contributed by atoms with Crippen molar-refractivity contribution in [3.8, 4) is 0 Å². The Morgan fingerprint density at radius 1 is 1.53 bits per heavy atom. The summed E-state index contributed by atoms with van der Waals surface area (Å²) in [5.74, 6) is 0. The van der Waals surface area contributed by atoms with Gasteiger partial charge in [0.1, 0.15) is 0 Å². The van der Waals surface area contributed by atoms with E-state index in [-0.39, 0.29) is 0 Å². The van der Waals surface area contributed by atoms with E-state index in [1.807, 2.05) is 25.1 Å². The van der Waals surface area contributed by atoms with Crippen molar-refractivity contribution >= 4 is 23.0 Å². The summed E-state index contributed by atoms with van der Waals surface area (Å²) in [5.41, 5.74) is 1.68. The summed E-state index contributed by atoms with van der Waals surface area (Å²) >= 11 is 5.03. The zero-order valence-electron chi connectivity index (χ0n) is 9.06. The summed E-state index contributed by atoms with van der Waals surface area (Å²) < 4.78 is 0. The number of thiocarbonyl (C=S) groups is 1. The van der Waals surface area contributed by atoms with Crippen LogP contribution in [0.1, 0.15) is 12.6 Å². The van der Waals surface area contributed by atoms with Gasteiger partial charge in [0.05, 0.1) is 11.4 Å². The second-order valence-corrected chi connectivity index (χ2v) is 3.37. The van der Waals surface area contributed by atoms with Crippen LogP contribution in [0.5, 0.6) is 0 Å². The van der Waals surface area contributed by atoms with Crippen LogP contribution in [0, 0.1) is 0 Å². The molecule has 0 aliphatic heterocycles. The van der Waals surface area contributed by atoms with Crippen molar-refractivity contribution in [2.75, 3.05) is 14.1 Å². The van der Waals surface area contributed by atoms with Crippen molar-refractivity contribution in [3.05, 3.63) is 30.1 Å². The highest BCUT2D eigenvalue weighted by atomic mass is 32.1. The number of hydrogen-bond acceptors (Lipinski definition) is 3. The molecule has 15 heavy (non-hydrogen) atoms. The number of hydrazone groups is 1. The Balaban J connectivity index is 2.80. The number of aromatic nitrogens is 1. The second-order valence-electron chi connectivity index (χ2n) is 2.98. The van der Waals surface area contributed by atoms with Gasteiger partial charge in [-0.05, 0) is 31.3 Å². The van der Waals surface area contributed by atoms with E-state index >= 15 is 0 Å². The van der Waals surface area contributed by atoms with Crippen molar-refractivity contribution in [1.82, 2.24) is 15.3 Å². The first-order chi connectivity index (χ1) is 7.15. The van der Waals surface area contributed by atoms with Crippen LogP contribution in [0.2, 0.25) is 0 Å². The summed E-state index contributed by atoms with van der Waals surface area (Å²) in [6, 6.07) is 5.71. The predicted octanol–water partition coefficient (Wildman–Crippen LogP) is 1.24. The molecule has 0 bridgehead atoms. The Morgan fingerprint density at radius 3 is 2.80 bits per heavy atom. The van der Waals surface area contributed by atoms with Crippen molar-refractivity contribution in [1.29, 1.82) is 0 Å². The zero-order valence-corrected chi connectivity index (χ0v) is 9.88. The summed E-state index contributed by atoms with van der Waals surface area (Å²) in [7, 11) is 3.57. The maximum absolute atomic E-state index is 5.03. The van der Waals surface area contributed by atoms with E-state index in [1.54, 1.807) is 25.3 Å². The maximum atomic E-state index is 5.03. The Morgan fingerprint density at radius 2 is 2.27 bits per heavy atom. The minimum absolute atomic E-state index is 0.574. The second kappa shape index (κ2) is 5.41. The van der Waals surface area contributed by atoms with Crippen molar-refractivity contribution < 1.29 is 0 Å². The van der Waals surface area contributed by atoms with Crippen molar-refractivity contribution in [2.45, 2.75) is 6.92 Å². The molecule has 1 N–H and O–H groups in total. The lowest BCUT2D eigenvalue weighted by molar-refractivity contribution is 0.536. The number of nitrogens with one attached hydrogen (secondary N) is 1. The molecule has 0 atom stereocenters. The fraction of sp³-hybridized carbons (Fsp3) is 0.300. The monoisotopic (exact) mass is 222 g/mol. The topological polar surface area (TPSA) is 40.5 Å². The molecule has 1 rings (SSSR count). The number of pyridine rings is 1. The highest BCUT2D eigenvalue weighted by Gasteiger charge is 2.02. The van der Waals surface area contributed by atoms with Crippen LogP contribution in [0.4, 0.5) is 0 Å². The molecule has 0 aliphatic rings. The highest BCUT2D eigenvalue weighted by Crippen LogP contribution is 1.98. The van der Waals surface area contributed by atoms with Gasteiger partial charge in [0.2, 0.25) is 0 Å². The van der Waals surface area contributed by atoms with E-state index in [0.29, 0.717) is 5.11 Å². The number of hydrogen-bond donors (Lipinski definition) is 1. The van der Waals surface area contributed by atoms with Gasteiger partial charge in [-0.25, -0.2) is 5.01 Å². The number of nitrogens with zero attached hydrogens (tertiary/aromatic N) is 3. The lowest BCUT2D eigenvalue weighted by Gasteiger charge is -2.14. The summed E-state index contributed by atoms with van der Waals surface area (Å²) in [6.07, 6.45) is 1.74. The Bertz CT molecular complexity index is 361. The zero-order chi connectivity index (χ0) is 11.3. The average molecular weight is 222 g/mol. The Hall–Kier alpha value is -1.49. The molecule has 80 valence electrons. The van der Waals surface area contributed by atoms with E-state index in [2.05, 4.69) is 15.4 Å². The quantitative estimate of drug-likeness (QED) is 0.464. The van der Waals surface area contributed by atoms with Gasteiger partial charge < -0.3 is 5.32 Å². The molecule has 0 aliphatic carbocycles. The van der Waals surface area contributed by atoms with Gasteiger partial charge in [-0.3, -0.25) is 4.98 Å². The third-order valence-corrected chi connectivity index (χ3v) is 2.31. The Labute approximate surface area is 95.0 Å². The predicted molar refractivity (Wildman–Crippen MR) is 65.9 cm³/mol. The standard InChI is InChI=1S/C10H14N4S/c1-8(9-6-4-5-7-12-9)13-14(3)10(15)11-2/h4-7H,1-3H3,(H,11,15).